The average molecular weight is 330 g/mol. The monoisotopic (exact) mass is 330 g/mol. The van der Waals surface area contributed by atoms with Crippen LogP contribution in [0.1, 0.15) is 41.0 Å². The second kappa shape index (κ2) is 11.6. The van der Waals surface area contributed by atoms with Crippen LogP contribution in [0, 0.1) is 23.7 Å². The van der Waals surface area contributed by atoms with Gasteiger partial charge in [0.1, 0.15) is 0 Å². The van der Waals surface area contributed by atoms with Crippen LogP contribution in [0.5, 0.6) is 0 Å². The first kappa shape index (κ1) is 22.1. The molecule has 0 spiro atoms. The van der Waals surface area contributed by atoms with Gasteiger partial charge in [-0.05, 0) is 17.8 Å². The largest absolute Gasteiger partial charge is 1.00 e. The van der Waals surface area contributed by atoms with Crippen molar-refractivity contribution in [2.75, 3.05) is 12.4 Å². The first-order chi connectivity index (χ1) is 9.51. The van der Waals surface area contributed by atoms with Crippen molar-refractivity contribution in [1.29, 1.82) is 0 Å². The molecule has 1 rings (SSSR count). The molecule has 120 valence electrons. The molecule has 0 aromatic carbocycles. The molecule has 0 aliphatic carbocycles. The van der Waals surface area contributed by atoms with Crippen LogP contribution in [0.3, 0.4) is 0 Å². The molecule has 21 heavy (non-hydrogen) atoms. The van der Waals surface area contributed by atoms with Crippen molar-refractivity contribution >= 4 is 12.0 Å². The van der Waals surface area contributed by atoms with E-state index in [1.165, 1.54) is 0 Å². The zero-order chi connectivity index (χ0) is 15.1. The zero-order valence-corrected chi connectivity index (χ0v) is 16.9. The molecule has 0 amide bonds. The molecule has 7 heteroatoms. The standard InChI is InChI=1S/C14H28O5S.Na/c1-6-9(2)7-16-14-12(5)10(3)11(4)13(17-14)8-20-19-18-15;/h9-15H,6-8H2,1-5H3;/q;+1/p-1. The van der Waals surface area contributed by atoms with Crippen molar-refractivity contribution in [2.45, 2.75) is 53.4 Å². The van der Waals surface area contributed by atoms with Crippen LogP contribution in [0.25, 0.3) is 0 Å². The third-order valence-corrected chi connectivity index (χ3v) is 5.15. The topological polar surface area (TPSA) is 60.0 Å². The van der Waals surface area contributed by atoms with Gasteiger partial charge in [0.15, 0.2) is 6.29 Å². The first-order valence-electron chi connectivity index (χ1n) is 7.36. The summed E-state index contributed by atoms with van der Waals surface area (Å²) >= 11 is 0.982. The van der Waals surface area contributed by atoms with Gasteiger partial charge in [-0.2, -0.15) is 4.33 Å². The van der Waals surface area contributed by atoms with Gasteiger partial charge in [-0.1, -0.05) is 41.0 Å². The molecule has 0 radical (unpaired) electrons. The first-order valence-corrected chi connectivity index (χ1v) is 8.27. The van der Waals surface area contributed by atoms with E-state index in [1.54, 1.807) is 0 Å². The van der Waals surface area contributed by atoms with E-state index in [0.29, 0.717) is 36.0 Å². The van der Waals surface area contributed by atoms with E-state index in [1.807, 2.05) is 0 Å². The van der Waals surface area contributed by atoms with E-state index >= 15 is 0 Å². The summed E-state index contributed by atoms with van der Waals surface area (Å²) in [7, 11) is 0. The summed E-state index contributed by atoms with van der Waals surface area (Å²) < 4.78 is 16.3. The van der Waals surface area contributed by atoms with Crippen molar-refractivity contribution in [2.24, 2.45) is 23.7 Å². The molecule has 0 bridgehead atoms. The van der Waals surface area contributed by atoms with E-state index in [2.05, 4.69) is 44.0 Å². The van der Waals surface area contributed by atoms with Crippen LogP contribution >= 0.6 is 12.0 Å². The molecular formula is C14H27NaO5S. The quantitative estimate of drug-likeness (QED) is 0.198. The number of hydrogen-bond donors (Lipinski definition) is 0. The maximum atomic E-state index is 9.84. The van der Waals surface area contributed by atoms with Gasteiger partial charge in [-0.25, -0.2) is 0 Å². The average Bonchev–Trinajstić information content (AvgIpc) is 2.45. The molecule has 6 atom stereocenters. The Morgan fingerprint density at radius 1 is 1.19 bits per heavy atom. The Kier molecular flexibility index (Phi) is 12.3. The van der Waals surface area contributed by atoms with Crippen molar-refractivity contribution in [3.05, 3.63) is 0 Å². The molecule has 1 saturated heterocycles. The summed E-state index contributed by atoms with van der Waals surface area (Å²) in [6, 6.07) is 0. The fraction of sp³-hybridized carbons (Fsp3) is 1.00. The Morgan fingerprint density at radius 3 is 2.43 bits per heavy atom. The third-order valence-electron chi connectivity index (χ3n) is 4.53. The molecule has 0 aromatic rings. The Hall–Kier alpha value is 1.15. The summed E-state index contributed by atoms with van der Waals surface area (Å²) in [4.78, 5) is 0. The van der Waals surface area contributed by atoms with Crippen molar-refractivity contribution in [1.82, 2.24) is 0 Å². The van der Waals surface area contributed by atoms with E-state index < -0.39 is 0 Å². The minimum atomic E-state index is -0.186. The normalized spacial score (nSPS) is 34.3. The fourth-order valence-corrected chi connectivity index (χ4v) is 2.97. The predicted molar refractivity (Wildman–Crippen MR) is 76.2 cm³/mol. The SMILES string of the molecule is CCC(C)COC1OC(CSOO[O-])C(C)C(C)C1C.[Na+]. The number of rotatable bonds is 8. The Morgan fingerprint density at radius 2 is 1.86 bits per heavy atom. The van der Waals surface area contributed by atoms with Crippen LogP contribution in [-0.4, -0.2) is 24.8 Å². The molecule has 1 fully saturated rings. The second-order valence-electron chi connectivity index (χ2n) is 5.89. The molecule has 5 nitrogen and oxygen atoms in total. The molecule has 6 unspecified atom stereocenters. The maximum absolute atomic E-state index is 9.84. The van der Waals surface area contributed by atoms with Gasteiger partial charge in [0.05, 0.1) is 12.7 Å². The molecule has 1 heterocycles. The van der Waals surface area contributed by atoms with Gasteiger partial charge in [-0.3, -0.25) is 5.04 Å². The van der Waals surface area contributed by atoms with Gasteiger partial charge >= 0.3 is 29.6 Å². The van der Waals surface area contributed by atoms with Crippen molar-refractivity contribution < 1.29 is 53.7 Å². The summed E-state index contributed by atoms with van der Waals surface area (Å²) in [5.41, 5.74) is 0. The van der Waals surface area contributed by atoms with Crippen LogP contribution in [0.4, 0.5) is 0 Å². The second-order valence-corrected chi connectivity index (χ2v) is 6.59. The molecule has 1 aliphatic rings. The predicted octanol–water partition coefficient (Wildman–Crippen LogP) is -0.442. The molecule has 0 saturated carbocycles. The third kappa shape index (κ3) is 7.06. The summed E-state index contributed by atoms with van der Waals surface area (Å²) in [5, 5.41) is 13.2. The molecular weight excluding hydrogens is 303 g/mol. The van der Waals surface area contributed by atoms with Gasteiger partial charge in [0, 0.05) is 23.7 Å². The summed E-state index contributed by atoms with van der Waals surface area (Å²) in [6.07, 6.45) is 0.915. The van der Waals surface area contributed by atoms with E-state index in [4.69, 9.17) is 9.47 Å². The number of ether oxygens (including phenoxy) is 2. The maximum Gasteiger partial charge on any atom is 1.00 e. The van der Waals surface area contributed by atoms with Crippen molar-refractivity contribution in [3.63, 3.8) is 0 Å². The number of hydrogen-bond acceptors (Lipinski definition) is 6. The fourth-order valence-electron chi connectivity index (χ4n) is 2.36. The zero-order valence-electron chi connectivity index (χ0n) is 14.0. The van der Waals surface area contributed by atoms with Crippen LogP contribution in [0.15, 0.2) is 0 Å². The Balaban J connectivity index is 0.00000400. The summed E-state index contributed by atoms with van der Waals surface area (Å²) in [6.45, 7) is 11.6. The molecule has 0 N–H and O–H groups in total. The van der Waals surface area contributed by atoms with Gasteiger partial charge < -0.3 is 14.7 Å². The minimum absolute atomic E-state index is 0. The van der Waals surface area contributed by atoms with Crippen molar-refractivity contribution in [3.8, 4) is 0 Å². The van der Waals surface area contributed by atoms with E-state index in [9.17, 15) is 5.26 Å². The molecule has 1 aliphatic heterocycles. The van der Waals surface area contributed by atoms with Crippen LogP contribution in [0.2, 0.25) is 0 Å². The van der Waals surface area contributed by atoms with E-state index in [-0.39, 0.29) is 42.0 Å². The van der Waals surface area contributed by atoms with E-state index in [0.717, 1.165) is 18.5 Å². The smallest absolute Gasteiger partial charge is 0.691 e. The summed E-state index contributed by atoms with van der Waals surface area (Å²) in [5.74, 6) is 2.32. The Labute approximate surface area is 154 Å². The van der Waals surface area contributed by atoms with Gasteiger partial charge in [0.2, 0.25) is 0 Å². The van der Waals surface area contributed by atoms with Crippen LogP contribution in [-0.2, 0) is 18.8 Å². The van der Waals surface area contributed by atoms with Gasteiger partial charge in [-0.15, -0.1) is 0 Å². The van der Waals surface area contributed by atoms with Crippen LogP contribution < -0.4 is 34.8 Å². The minimum Gasteiger partial charge on any atom is -0.691 e. The molecule has 0 aromatic heterocycles. The van der Waals surface area contributed by atoms with Gasteiger partial charge in [0.25, 0.3) is 0 Å². The Bertz CT molecular complexity index is 272.